The molecule has 0 saturated carbocycles. The first-order valence-corrected chi connectivity index (χ1v) is 7.89. The Morgan fingerprint density at radius 2 is 2.09 bits per heavy atom. The molecular formula is C16H30N4O3. The molecule has 1 heterocycles. The Morgan fingerprint density at radius 3 is 2.61 bits per heavy atom. The third-order valence-electron chi connectivity index (χ3n) is 3.21. The van der Waals surface area contributed by atoms with Gasteiger partial charge in [0.1, 0.15) is 5.60 Å². The Hall–Kier alpha value is -1.60. The highest BCUT2D eigenvalue weighted by molar-refractivity contribution is 5.68. The molecule has 0 atom stereocenters. The molecule has 0 saturated heterocycles. The molecule has 0 aromatic carbocycles. The van der Waals surface area contributed by atoms with Crippen LogP contribution < -0.4 is 5.32 Å². The van der Waals surface area contributed by atoms with E-state index >= 15 is 0 Å². The lowest BCUT2D eigenvalue weighted by atomic mass is 10.2. The van der Waals surface area contributed by atoms with E-state index in [1.807, 2.05) is 40.9 Å². The van der Waals surface area contributed by atoms with Crippen molar-refractivity contribution in [3.05, 3.63) is 17.5 Å². The summed E-state index contributed by atoms with van der Waals surface area (Å²) >= 11 is 0. The van der Waals surface area contributed by atoms with Gasteiger partial charge in [-0.3, -0.25) is 4.68 Å². The van der Waals surface area contributed by atoms with Crippen LogP contribution in [0.2, 0.25) is 0 Å². The van der Waals surface area contributed by atoms with Crippen LogP contribution >= 0.6 is 0 Å². The SMILES string of the molecule is COCCN(CCNCc1cn(C)nc1C)C(=O)OC(C)(C)C. The lowest BCUT2D eigenvalue weighted by Gasteiger charge is -2.27. The summed E-state index contributed by atoms with van der Waals surface area (Å²) in [5.74, 6) is 0. The maximum absolute atomic E-state index is 12.2. The van der Waals surface area contributed by atoms with Gasteiger partial charge in [0.05, 0.1) is 12.3 Å². The molecule has 0 aliphatic heterocycles. The summed E-state index contributed by atoms with van der Waals surface area (Å²) in [4.78, 5) is 13.9. The molecule has 0 bridgehead atoms. The number of rotatable bonds is 8. The van der Waals surface area contributed by atoms with Crippen LogP contribution in [0.25, 0.3) is 0 Å². The highest BCUT2D eigenvalue weighted by Crippen LogP contribution is 2.10. The molecule has 0 unspecified atom stereocenters. The highest BCUT2D eigenvalue weighted by atomic mass is 16.6. The van der Waals surface area contributed by atoms with E-state index in [2.05, 4.69) is 10.4 Å². The quantitative estimate of drug-likeness (QED) is 0.737. The minimum atomic E-state index is -0.497. The van der Waals surface area contributed by atoms with Crippen molar-refractivity contribution in [1.29, 1.82) is 0 Å². The zero-order chi connectivity index (χ0) is 17.5. The van der Waals surface area contributed by atoms with Crippen LogP contribution in [0.4, 0.5) is 4.79 Å². The van der Waals surface area contributed by atoms with Crippen molar-refractivity contribution in [3.8, 4) is 0 Å². The van der Waals surface area contributed by atoms with Gasteiger partial charge in [0, 0.05) is 52.1 Å². The van der Waals surface area contributed by atoms with Crippen molar-refractivity contribution in [2.24, 2.45) is 7.05 Å². The molecule has 0 radical (unpaired) electrons. The van der Waals surface area contributed by atoms with Gasteiger partial charge in [-0.05, 0) is 27.7 Å². The van der Waals surface area contributed by atoms with Gasteiger partial charge in [-0.25, -0.2) is 4.79 Å². The van der Waals surface area contributed by atoms with Gasteiger partial charge in [0.25, 0.3) is 0 Å². The van der Waals surface area contributed by atoms with Gasteiger partial charge < -0.3 is 19.7 Å². The van der Waals surface area contributed by atoms with Crippen molar-refractivity contribution >= 4 is 6.09 Å². The van der Waals surface area contributed by atoms with Gasteiger partial charge in [0.2, 0.25) is 0 Å². The van der Waals surface area contributed by atoms with Crippen LogP contribution in [0.15, 0.2) is 6.20 Å². The van der Waals surface area contributed by atoms with Crippen molar-refractivity contribution < 1.29 is 14.3 Å². The van der Waals surface area contributed by atoms with Crippen LogP contribution in [0.1, 0.15) is 32.0 Å². The van der Waals surface area contributed by atoms with E-state index in [0.29, 0.717) is 26.2 Å². The van der Waals surface area contributed by atoms with Crippen molar-refractivity contribution in [2.45, 2.75) is 39.8 Å². The number of hydrogen-bond donors (Lipinski definition) is 1. The number of ether oxygens (including phenoxy) is 2. The fourth-order valence-corrected chi connectivity index (χ4v) is 2.08. The van der Waals surface area contributed by atoms with E-state index in [1.165, 1.54) is 0 Å². The van der Waals surface area contributed by atoms with Gasteiger partial charge in [0.15, 0.2) is 0 Å². The fraction of sp³-hybridized carbons (Fsp3) is 0.750. The summed E-state index contributed by atoms with van der Waals surface area (Å²) in [6, 6.07) is 0. The number of nitrogens with one attached hydrogen (secondary N) is 1. The minimum absolute atomic E-state index is 0.311. The summed E-state index contributed by atoms with van der Waals surface area (Å²) < 4.78 is 12.3. The molecule has 0 aliphatic rings. The number of hydrogen-bond acceptors (Lipinski definition) is 5. The summed E-state index contributed by atoms with van der Waals surface area (Å²) in [5.41, 5.74) is 1.68. The second-order valence-corrected chi connectivity index (χ2v) is 6.55. The number of methoxy groups -OCH3 is 1. The van der Waals surface area contributed by atoms with Gasteiger partial charge in [-0.15, -0.1) is 0 Å². The first-order valence-electron chi connectivity index (χ1n) is 7.89. The first kappa shape index (κ1) is 19.4. The molecular weight excluding hydrogens is 296 g/mol. The summed E-state index contributed by atoms with van der Waals surface area (Å²) in [6.45, 7) is 10.6. The molecule has 7 heteroatoms. The van der Waals surface area contributed by atoms with Crippen LogP contribution in [0.3, 0.4) is 0 Å². The molecule has 132 valence electrons. The van der Waals surface area contributed by atoms with Crippen LogP contribution in [0, 0.1) is 6.92 Å². The van der Waals surface area contributed by atoms with Gasteiger partial charge in [-0.1, -0.05) is 0 Å². The predicted octanol–water partition coefficient (Wildman–Crippen LogP) is 1.70. The zero-order valence-corrected chi connectivity index (χ0v) is 15.2. The fourth-order valence-electron chi connectivity index (χ4n) is 2.08. The lowest BCUT2D eigenvalue weighted by molar-refractivity contribution is 0.0204. The standard InChI is InChI=1S/C16H30N4O3/c1-13-14(12-19(5)18-13)11-17-7-8-20(9-10-22-6)15(21)23-16(2,3)4/h12,17H,7-11H2,1-6H3. The Kier molecular flexibility index (Phi) is 7.51. The average Bonchev–Trinajstić information content (AvgIpc) is 2.74. The topological polar surface area (TPSA) is 68.6 Å². The molecule has 1 N–H and O–H groups in total. The molecule has 7 nitrogen and oxygen atoms in total. The second kappa shape index (κ2) is 8.88. The van der Waals surface area contributed by atoms with E-state index < -0.39 is 5.60 Å². The lowest BCUT2D eigenvalue weighted by Crippen LogP contribution is -2.42. The number of aromatic nitrogens is 2. The Morgan fingerprint density at radius 1 is 1.39 bits per heavy atom. The molecule has 1 aromatic heterocycles. The Bertz CT molecular complexity index is 494. The summed E-state index contributed by atoms with van der Waals surface area (Å²) in [7, 11) is 3.53. The van der Waals surface area contributed by atoms with Crippen LogP contribution in [-0.4, -0.2) is 59.7 Å². The Labute approximate surface area is 138 Å². The number of carbonyl (C=O) groups excluding carboxylic acids is 1. The van der Waals surface area contributed by atoms with Crippen LogP contribution in [-0.2, 0) is 23.1 Å². The molecule has 0 fully saturated rings. The highest BCUT2D eigenvalue weighted by Gasteiger charge is 2.21. The van der Waals surface area contributed by atoms with Gasteiger partial charge >= 0.3 is 6.09 Å². The molecule has 1 amide bonds. The van der Waals surface area contributed by atoms with E-state index in [9.17, 15) is 4.79 Å². The Balaban J connectivity index is 2.44. The van der Waals surface area contributed by atoms with Crippen molar-refractivity contribution in [3.63, 3.8) is 0 Å². The number of nitrogens with zero attached hydrogens (tertiary/aromatic N) is 3. The average molecular weight is 326 g/mol. The summed E-state index contributed by atoms with van der Waals surface area (Å²) in [5, 5.41) is 7.65. The van der Waals surface area contributed by atoms with E-state index in [-0.39, 0.29) is 6.09 Å². The van der Waals surface area contributed by atoms with Crippen LogP contribution in [0.5, 0.6) is 0 Å². The smallest absolute Gasteiger partial charge is 0.410 e. The number of carbonyl (C=O) groups is 1. The molecule has 1 rings (SSSR count). The van der Waals surface area contributed by atoms with Crippen molar-refractivity contribution in [1.82, 2.24) is 20.0 Å². The largest absolute Gasteiger partial charge is 0.444 e. The summed E-state index contributed by atoms with van der Waals surface area (Å²) in [6.07, 6.45) is 1.69. The maximum atomic E-state index is 12.2. The molecule has 0 spiro atoms. The first-order chi connectivity index (χ1) is 10.7. The van der Waals surface area contributed by atoms with Crippen molar-refractivity contribution in [2.75, 3.05) is 33.4 Å². The normalized spacial score (nSPS) is 11.6. The number of amides is 1. The van der Waals surface area contributed by atoms with E-state index in [1.54, 1.807) is 16.7 Å². The van der Waals surface area contributed by atoms with E-state index in [4.69, 9.17) is 9.47 Å². The third-order valence-corrected chi connectivity index (χ3v) is 3.21. The maximum Gasteiger partial charge on any atom is 0.410 e. The zero-order valence-electron chi connectivity index (χ0n) is 15.2. The van der Waals surface area contributed by atoms with E-state index in [0.717, 1.165) is 17.8 Å². The second-order valence-electron chi connectivity index (χ2n) is 6.55. The monoisotopic (exact) mass is 326 g/mol. The predicted molar refractivity (Wildman–Crippen MR) is 89.3 cm³/mol. The van der Waals surface area contributed by atoms with Gasteiger partial charge in [-0.2, -0.15) is 5.10 Å². The number of aryl methyl sites for hydroxylation is 2. The third kappa shape index (κ3) is 7.47. The minimum Gasteiger partial charge on any atom is -0.444 e. The molecule has 0 aliphatic carbocycles. The molecule has 1 aromatic rings. The molecule has 23 heavy (non-hydrogen) atoms.